The molecule has 10 aromatic rings. The SMILES string of the molecule is C.CCCC(NC(=O)C(C)Cc1c[nH]c2ccccc12)C(=O)OC(c1ccccc1)(c1ccc(C)cc1)c1ccccc1Cl.CCCC(NC(=O)C(N)Cc1c[nH]c2ccccc12)C(=O)OC(c1ccccc1)(c1ccc(C)cc1)c1ccccc1Cl.[HH]. The molecular formula is C74H79Cl2N5O6. The Morgan fingerprint density at radius 3 is 1.26 bits per heavy atom. The molecule has 13 heteroatoms. The largest absolute Gasteiger partial charge is 0.443 e. The molecule has 0 radical (unpaired) electrons. The van der Waals surface area contributed by atoms with Crippen molar-refractivity contribution in [3.63, 3.8) is 0 Å². The van der Waals surface area contributed by atoms with Gasteiger partial charge in [0.1, 0.15) is 12.1 Å². The van der Waals surface area contributed by atoms with Crippen molar-refractivity contribution in [3.8, 4) is 0 Å². The fraction of sp³-hybridized carbons (Fsp3) is 0.243. The average Bonchev–Trinajstić information content (AvgIpc) is 1.53. The normalized spacial score (nSPS) is 13.9. The Kier molecular flexibility index (Phi) is 21.8. The number of nitrogens with one attached hydrogen (secondary N) is 4. The number of ether oxygens (including phenoxy) is 2. The zero-order chi connectivity index (χ0) is 60.8. The molecule has 0 aliphatic carbocycles. The molecule has 6 atom stereocenters. The minimum Gasteiger partial charge on any atom is -0.443 e. The van der Waals surface area contributed by atoms with Crippen LogP contribution in [0.4, 0.5) is 0 Å². The van der Waals surface area contributed by atoms with E-state index in [-0.39, 0.29) is 20.7 Å². The number of fused-ring (bicyclic) bond motifs is 2. The lowest BCUT2D eigenvalue weighted by atomic mass is 9.79. The second kappa shape index (κ2) is 29.6. The summed E-state index contributed by atoms with van der Waals surface area (Å²) in [6, 6.07) is 63.1. The van der Waals surface area contributed by atoms with Crippen molar-refractivity contribution in [1.29, 1.82) is 0 Å². The van der Waals surface area contributed by atoms with Crippen LogP contribution in [0.25, 0.3) is 21.8 Å². The highest BCUT2D eigenvalue weighted by Crippen LogP contribution is 2.46. The van der Waals surface area contributed by atoms with Crippen molar-refractivity contribution >= 4 is 68.8 Å². The number of halogens is 2. The summed E-state index contributed by atoms with van der Waals surface area (Å²) in [5.74, 6) is -2.05. The number of rotatable bonds is 22. The summed E-state index contributed by atoms with van der Waals surface area (Å²) in [5.41, 5.74) is 14.1. The Bertz CT molecular complexity index is 3660. The van der Waals surface area contributed by atoms with E-state index in [0.29, 0.717) is 59.7 Å². The quantitative estimate of drug-likeness (QED) is 0.0332. The van der Waals surface area contributed by atoms with Crippen molar-refractivity contribution in [2.45, 2.75) is 110 Å². The van der Waals surface area contributed by atoms with E-state index >= 15 is 0 Å². The van der Waals surface area contributed by atoms with Gasteiger partial charge in [-0.25, -0.2) is 9.59 Å². The topological polar surface area (TPSA) is 168 Å². The van der Waals surface area contributed by atoms with E-state index in [1.54, 1.807) is 12.1 Å². The Labute approximate surface area is 522 Å². The average molecular weight is 1210 g/mol. The second-order valence-electron chi connectivity index (χ2n) is 22.0. The predicted octanol–water partition coefficient (Wildman–Crippen LogP) is 15.8. The number of hydrogen-bond acceptors (Lipinski definition) is 7. The van der Waals surface area contributed by atoms with Crippen LogP contribution in [0.2, 0.25) is 10.0 Å². The third kappa shape index (κ3) is 14.6. The van der Waals surface area contributed by atoms with Crippen LogP contribution in [0.5, 0.6) is 0 Å². The van der Waals surface area contributed by atoms with E-state index in [1.807, 2.05) is 241 Å². The molecule has 0 aliphatic heterocycles. The second-order valence-corrected chi connectivity index (χ2v) is 22.8. The van der Waals surface area contributed by atoms with Crippen LogP contribution in [0.15, 0.2) is 219 Å². The monoisotopic (exact) mass is 1200 g/mol. The van der Waals surface area contributed by atoms with E-state index in [1.165, 1.54) is 0 Å². The van der Waals surface area contributed by atoms with Crippen LogP contribution >= 0.6 is 23.2 Å². The number of para-hydroxylation sites is 2. The van der Waals surface area contributed by atoms with Crippen LogP contribution in [-0.4, -0.2) is 51.8 Å². The molecular weight excluding hydrogens is 1130 g/mol. The number of aromatic amines is 2. The van der Waals surface area contributed by atoms with Crippen molar-refractivity contribution in [2.24, 2.45) is 11.7 Å². The highest BCUT2D eigenvalue weighted by molar-refractivity contribution is 6.32. The molecule has 0 fully saturated rings. The number of H-pyrrole nitrogens is 2. The van der Waals surface area contributed by atoms with E-state index in [9.17, 15) is 19.2 Å². The van der Waals surface area contributed by atoms with Crippen LogP contribution in [0.1, 0.15) is 111 Å². The van der Waals surface area contributed by atoms with Crippen LogP contribution in [0, 0.1) is 19.8 Å². The number of nitrogens with two attached hydrogens (primary N) is 1. The van der Waals surface area contributed by atoms with Gasteiger partial charge in [-0.2, -0.15) is 0 Å². The molecule has 87 heavy (non-hydrogen) atoms. The number of carbonyl (C=O) groups excluding carboxylic acids is 4. The van der Waals surface area contributed by atoms with E-state index in [4.69, 9.17) is 38.4 Å². The molecule has 0 spiro atoms. The van der Waals surface area contributed by atoms with Gasteiger partial charge in [-0.3, -0.25) is 9.59 Å². The van der Waals surface area contributed by atoms with Gasteiger partial charge in [0.15, 0.2) is 11.2 Å². The number of aromatic nitrogens is 2. The zero-order valence-electron chi connectivity index (χ0n) is 49.1. The molecule has 8 aromatic carbocycles. The van der Waals surface area contributed by atoms with Gasteiger partial charge >= 0.3 is 11.9 Å². The molecule has 0 saturated heterocycles. The number of aryl methyl sites for hydroxylation is 2. The Balaban J connectivity index is 0.000000245. The maximum atomic E-state index is 14.2. The number of carbonyl (C=O) groups is 4. The Morgan fingerprint density at radius 1 is 0.494 bits per heavy atom. The lowest BCUT2D eigenvalue weighted by Gasteiger charge is -2.37. The molecule has 0 aliphatic rings. The Morgan fingerprint density at radius 2 is 0.851 bits per heavy atom. The van der Waals surface area contributed by atoms with Crippen LogP contribution in [-0.2, 0) is 52.7 Å². The smallest absolute Gasteiger partial charge is 0.330 e. The summed E-state index contributed by atoms with van der Waals surface area (Å²) in [7, 11) is 0. The summed E-state index contributed by atoms with van der Waals surface area (Å²) < 4.78 is 13.2. The van der Waals surface area contributed by atoms with Crippen molar-refractivity contribution in [1.82, 2.24) is 20.6 Å². The number of benzene rings is 8. The van der Waals surface area contributed by atoms with E-state index in [2.05, 4.69) is 20.6 Å². The highest BCUT2D eigenvalue weighted by atomic mass is 35.5. The molecule has 450 valence electrons. The van der Waals surface area contributed by atoms with Crippen LogP contribution < -0.4 is 16.4 Å². The molecule has 10 rings (SSSR count). The molecule has 2 amide bonds. The summed E-state index contributed by atoms with van der Waals surface area (Å²) in [4.78, 5) is 61.8. The third-order valence-corrected chi connectivity index (χ3v) is 16.4. The van der Waals surface area contributed by atoms with Gasteiger partial charge in [0.05, 0.1) is 6.04 Å². The Hall–Kier alpha value is -8.74. The minimum atomic E-state index is -1.37. The lowest BCUT2D eigenvalue weighted by molar-refractivity contribution is -0.158. The minimum absolute atomic E-state index is 0. The number of hydrogen-bond donors (Lipinski definition) is 5. The third-order valence-electron chi connectivity index (χ3n) is 15.7. The fourth-order valence-electron chi connectivity index (χ4n) is 11.2. The number of esters is 2. The van der Waals surface area contributed by atoms with E-state index in [0.717, 1.165) is 66.3 Å². The first-order chi connectivity index (χ1) is 41.7. The van der Waals surface area contributed by atoms with Crippen molar-refractivity contribution < 1.29 is 30.1 Å². The molecule has 2 heterocycles. The van der Waals surface area contributed by atoms with Crippen LogP contribution in [0.3, 0.4) is 0 Å². The summed E-state index contributed by atoms with van der Waals surface area (Å²) in [6.07, 6.45) is 6.83. The first-order valence-corrected chi connectivity index (χ1v) is 30.1. The molecule has 0 bridgehead atoms. The molecule has 11 nitrogen and oxygen atoms in total. The molecule has 6 N–H and O–H groups in total. The van der Waals surface area contributed by atoms with Gasteiger partial charge in [-0.15, -0.1) is 0 Å². The van der Waals surface area contributed by atoms with Crippen molar-refractivity contribution in [3.05, 3.63) is 284 Å². The van der Waals surface area contributed by atoms with E-state index < -0.39 is 47.2 Å². The maximum Gasteiger partial charge on any atom is 0.330 e. The fourth-order valence-corrected chi connectivity index (χ4v) is 11.7. The maximum absolute atomic E-state index is 14.2. The zero-order valence-corrected chi connectivity index (χ0v) is 50.6. The van der Waals surface area contributed by atoms with Gasteiger partial charge in [-0.1, -0.05) is 257 Å². The lowest BCUT2D eigenvalue weighted by Crippen LogP contribution is -2.51. The first kappa shape index (κ1) is 64.3. The standard InChI is InChI=1S/C37H37ClN2O3.C36H36ClN3O3.CH4.H2/c1-4-12-34(40-35(41)26(3)23-27-24-39-33-18-11-8-15-30(27)33)36(42)43-37(28-13-6-5-7-14-28,29-21-19-25(2)20-22-29)31-16-9-10-17-32(31)38;1-3-11-33(40-34(41)31(38)22-25-23-39-32-17-10-7-14-28(25)32)35(42)43-36(26-12-5-4-6-13-26,27-20-18-24(2)19-21-27)29-15-8-9-16-30(29)37;;/h5-11,13-22,24,26,34,39H,4,12,23H2,1-3H3,(H,40,41);4-10,12-21,23,31,33,39H,3,11,22,38H2,1-2H3,(H,40,41);1H4;1H. The highest BCUT2D eigenvalue weighted by Gasteiger charge is 2.45. The van der Waals surface area contributed by atoms with Gasteiger partial charge in [-0.05, 0) is 74.9 Å². The van der Waals surface area contributed by atoms with Gasteiger partial charge in [0, 0.05) is 85.0 Å². The predicted molar refractivity (Wildman–Crippen MR) is 354 cm³/mol. The van der Waals surface area contributed by atoms with Crippen molar-refractivity contribution in [2.75, 3.05) is 0 Å². The summed E-state index contributed by atoms with van der Waals surface area (Å²) in [5, 5.41) is 8.96. The summed E-state index contributed by atoms with van der Waals surface area (Å²) in [6.45, 7) is 9.84. The van der Waals surface area contributed by atoms with Gasteiger partial charge < -0.3 is 35.8 Å². The molecule has 0 saturated carbocycles. The first-order valence-electron chi connectivity index (χ1n) is 29.3. The van der Waals surface area contributed by atoms with Gasteiger partial charge in [0.25, 0.3) is 0 Å². The summed E-state index contributed by atoms with van der Waals surface area (Å²) >= 11 is 13.7. The number of amides is 2. The van der Waals surface area contributed by atoms with Gasteiger partial charge in [0.2, 0.25) is 11.8 Å². The molecule has 6 unspecified atom stereocenters. The molecule has 2 aromatic heterocycles.